The summed E-state index contributed by atoms with van der Waals surface area (Å²) in [4.78, 5) is 4.27. The average Bonchev–Trinajstić information content (AvgIpc) is 2.55. The fourth-order valence-corrected chi connectivity index (χ4v) is 1.53. The number of hydrogen-bond acceptors (Lipinski definition) is 3. The molecular formula is C11H14N2O. The van der Waals surface area contributed by atoms with Crippen molar-refractivity contribution in [3.63, 3.8) is 0 Å². The molecule has 1 atom stereocenters. The Labute approximate surface area is 82.9 Å². The molecule has 0 spiro atoms. The molecule has 1 aromatic heterocycles. The van der Waals surface area contributed by atoms with Crippen molar-refractivity contribution in [1.82, 2.24) is 4.98 Å². The van der Waals surface area contributed by atoms with Gasteiger partial charge in [-0.15, -0.1) is 0 Å². The van der Waals surface area contributed by atoms with Crippen molar-refractivity contribution in [3.8, 4) is 0 Å². The van der Waals surface area contributed by atoms with E-state index in [2.05, 4.69) is 11.9 Å². The van der Waals surface area contributed by atoms with Crippen LogP contribution in [0.2, 0.25) is 0 Å². The zero-order valence-electron chi connectivity index (χ0n) is 8.45. The molecule has 0 saturated heterocycles. The summed E-state index contributed by atoms with van der Waals surface area (Å²) in [6.07, 6.45) is 0.933. The maximum atomic E-state index is 5.93. The summed E-state index contributed by atoms with van der Waals surface area (Å²) in [7, 11) is 0. The number of oxazole rings is 1. The van der Waals surface area contributed by atoms with Gasteiger partial charge in [0.05, 0.1) is 0 Å². The van der Waals surface area contributed by atoms with Gasteiger partial charge in [0.2, 0.25) is 0 Å². The predicted octanol–water partition coefficient (Wildman–Crippen LogP) is 2.55. The standard InChI is InChI=1S/C11H14N2O/c1-3-9(12)8-4-5-11-10(6-8)13-7(2)14-11/h4-6,9H,3,12H2,1-2H3. The Bertz CT molecular complexity index is 447. The van der Waals surface area contributed by atoms with Crippen LogP contribution in [0.3, 0.4) is 0 Å². The third-order valence-electron chi connectivity index (χ3n) is 2.39. The fraction of sp³-hybridized carbons (Fsp3) is 0.364. The first kappa shape index (κ1) is 9.21. The Morgan fingerprint density at radius 3 is 3.00 bits per heavy atom. The van der Waals surface area contributed by atoms with Gasteiger partial charge in [0.15, 0.2) is 11.5 Å². The molecule has 74 valence electrons. The molecule has 0 amide bonds. The van der Waals surface area contributed by atoms with Gasteiger partial charge in [-0.3, -0.25) is 0 Å². The van der Waals surface area contributed by atoms with E-state index in [9.17, 15) is 0 Å². The van der Waals surface area contributed by atoms with E-state index in [-0.39, 0.29) is 6.04 Å². The van der Waals surface area contributed by atoms with E-state index in [1.54, 1.807) is 0 Å². The van der Waals surface area contributed by atoms with Crippen LogP contribution in [0.4, 0.5) is 0 Å². The number of nitrogens with two attached hydrogens (primary N) is 1. The Morgan fingerprint density at radius 2 is 2.29 bits per heavy atom. The van der Waals surface area contributed by atoms with Gasteiger partial charge in [0, 0.05) is 13.0 Å². The maximum Gasteiger partial charge on any atom is 0.192 e. The van der Waals surface area contributed by atoms with E-state index in [0.717, 1.165) is 23.1 Å². The molecule has 2 rings (SSSR count). The van der Waals surface area contributed by atoms with Crippen molar-refractivity contribution >= 4 is 11.1 Å². The van der Waals surface area contributed by atoms with Crippen LogP contribution in [-0.2, 0) is 0 Å². The Kier molecular flexibility index (Phi) is 2.25. The number of aromatic nitrogens is 1. The highest BCUT2D eigenvalue weighted by Gasteiger charge is 2.07. The molecule has 0 saturated carbocycles. The lowest BCUT2D eigenvalue weighted by Gasteiger charge is -2.07. The molecule has 1 heterocycles. The van der Waals surface area contributed by atoms with Gasteiger partial charge < -0.3 is 10.2 Å². The predicted molar refractivity (Wildman–Crippen MR) is 56.0 cm³/mol. The summed E-state index contributed by atoms with van der Waals surface area (Å²) in [5, 5.41) is 0. The van der Waals surface area contributed by atoms with Gasteiger partial charge in [-0.25, -0.2) is 4.98 Å². The maximum absolute atomic E-state index is 5.93. The SMILES string of the molecule is CCC(N)c1ccc2oc(C)nc2c1. The third-order valence-corrected chi connectivity index (χ3v) is 2.39. The molecule has 0 aliphatic carbocycles. The molecule has 14 heavy (non-hydrogen) atoms. The van der Waals surface area contributed by atoms with Crippen LogP contribution < -0.4 is 5.73 Å². The van der Waals surface area contributed by atoms with E-state index in [0.29, 0.717) is 5.89 Å². The fourth-order valence-electron chi connectivity index (χ4n) is 1.53. The molecule has 2 N–H and O–H groups in total. The topological polar surface area (TPSA) is 52.0 Å². The molecule has 0 aliphatic rings. The highest BCUT2D eigenvalue weighted by molar-refractivity contribution is 5.73. The van der Waals surface area contributed by atoms with Gasteiger partial charge in [-0.1, -0.05) is 13.0 Å². The monoisotopic (exact) mass is 190 g/mol. The van der Waals surface area contributed by atoms with Crippen molar-refractivity contribution in [2.75, 3.05) is 0 Å². The first-order chi connectivity index (χ1) is 6.70. The smallest absolute Gasteiger partial charge is 0.192 e. The second-order valence-corrected chi connectivity index (χ2v) is 3.47. The van der Waals surface area contributed by atoms with Crippen LogP contribution in [0.25, 0.3) is 11.1 Å². The molecule has 3 nitrogen and oxygen atoms in total. The van der Waals surface area contributed by atoms with Crippen molar-refractivity contribution in [3.05, 3.63) is 29.7 Å². The molecule has 1 aromatic carbocycles. The van der Waals surface area contributed by atoms with Gasteiger partial charge in [-0.2, -0.15) is 0 Å². The van der Waals surface area contributed by atoms with E-state index < -0.39 is 0 Å². The minimum Gasteiger partial charge on any atom is -0.441 e. The zero-order valence-corrected chi connectivity index (χ0v) is 8.45. The minimum atomic E-state index is 0.0939. The summed E-state index contributed by atoms with van der Waals surface area (Å²) < 4.78 is 5.38. The number of nitrogens with zero attached hydrogens (tertiary/aromatic N) is 1. The molecule has 3 heteroatoms. The quantitative estimate of drug-likeness (QED) is 0.791. The average molecular weight is 190 g/mol. The normalized spacial score (nSPS) is 13.4. The van der Waals surface area contributed by atoms with Crippen molar-refractivity contribution < 1.29 is 4.42 Å². The molecular weight excluding hydrogens is 176 g/mol. The van der Waals surface area contributed by atoms with Crippen LogP contribution in [0, 0.1) is 6.92 Å². The molecule has 0 radical (unpaired) electrons. The first-order valence-corrected chi connectivity index (χ1v) is 4.83. The molecule has 0 aliphatic heterocycles. The number of hydrogen-bond donors (Lipinski definition) is 1. The van der Waals surface area contributed by atoms with Crippen LogP contribution in [0.1, 0.15) is 30.8 Å². The second-order valence-electron chi connectivity index (χ2n) is 3.47. The first-order valence-electron chi connectivity index (χ1n) is 4.83. The number of fused-ring (bicyclic) bond motifs is 1. The highest BCUT2D eigenvalue weighted by Crippen LogP contribution is 2.21. The molecule has 1 unspecified atom stereocenters. The van der Waals surface area contributed by atoms with E-state index in [4.69, 9.17) is 10.2 Å². The van der Waals surface area contributed by atoms with Gasteiger partial charge in [-0.05, 0) is 24.1 Å². The van der Waals surface area contributed by atoms with Crippen LogP contribution >= 0.6 is 0 Å². The Balaban J connectivity index is 2.50. The van der Waals surface area contributed by atoms with Gasteiger partial charge in [0.25, 0.3) is 0 Å². The van der Waals surface area contributed by atoms with Crippen molar-refractivity contribution in [1.29, 1.82) is 0 Å². The Hall–Kier alpha value is -1.35. The zero-order chi connectivity index (χ0) is 10.1. The van der Waals surface area contributed by atoms with E-state index in [1.807, 2.05) is 25.1 Å². The third kappa shape index (κ3) is 1.51. The number of rotatable bonds is 2. The summed E-state index contributed by atoms with van der Waals surface area (Å²) in [5.74, 6) is 0.696. The molecule has 0 fully saturated rings. The number of aryl methyl sites for hydroxylation is 1. The van der Waals surface area contributed by atoms with Crippen LogP contribution in [0.5, 0.6) is 0 Å². The van der Waals surface area contributed by atoms with Crippen LogP contribution in [-0.4, -0.2) is 4.98 Å². The summed E-state index contributed by atoms with van der Waals surface area (Å²) >= 11 is 0. The van der Waals surface area contributed by atoms with Crippen molar-refractivity contribution in [2.24, 2.45) is 5.73 Å². The lowest BCUT2D eigenvalue weighted by molar-refractivity contribution is 0.561. The van der Waals surface area contributed by atoms with Crippen LogP contribution in [0.15, 0.2) is 22.6 Å². The summed E-state index contributed by atoms with van der Waals surface area (Å²) in [6, 6.07) is 6.03. The Morgan fingerprint density at radius 1 is 1.50 bits per heavy atom. The lowest BCUT2D eigenvalue weighted by atomic mass is 10.1. The molecule has 2 aromatic rings. The minimum absolute atomic E-state index is 0.0939. The van der Waals surface area contributed by atoms with Gasteiger partial charge >= 0.3 is 0 Å². The summed E-state index contributed by atoms with van der Waals surface area (Å²) in [5.41, 5.74) is 8.77. The van der Waals surface area contributed by atoms with Gasteiger partial charge in [0.1, 0.15) is 5.52 Å². The van der Waals surface area contributed by atoms with E-state index >= 15 is 0 Å². The highest BCUT2D eigenvalue weighted by atomic mass is 16.3. The lowest BCUT2D eigenvalue weighted by Crippen LogP contribution is -2.08. The second kappa shape index (κ2) is 3.42. The largest absolute Gasteiger partial charge is 0.441 e. The molecule has 0 bridgehead atoms. The number of benzene rings is 1. The summed E-state index contributed by atoms with van der Waals surface area (Å²) in [6.45, 7) is 3.92. The van der Waals surface area contributed by atoms with Crippen molar-refractivity contribution in [2.45, 2.75) is 26.3 Å². The van der Waals surface area contributed by atoms with E-state index in [1.165, 1.54) is 0 Å².